The van der Waals surface area contributed by atoms with Crippen LogP contribution in [0.5, 0.6) is 0 Å². The molecule has 0 heterocycles. The second kappa shape index (κ2) is 137. The molecule has 7 aromatic rings. The van der Waals surface area contributed by atoms with Crippen LogP contribution in [0.25, 0.3) is 16.8 Å². The van der Waals surface area contributed by atoms with Crippen LogP contribution in [0.15, 0.2) is 200 Å². The van der Waals surface area contributed by atoms with Gasteiger partial charge in [-0.25, -0.2) is 0 Å². The number of hydrogen-bond donors (Lipinski definition) is 0. The lowest BCUT2D eigenvalue weighted by Crippen LogP contribution is -1.85. The quantitative estimate of drug-likeness (QED) is 0.165. The van der Waals surface area contributed by atoms with Crippen molar-refractivity contribution in [1.82, 2.24) is 0 Å². The van der Waals surface area contributed by atoms with Crippen LogP contribution in [0, 0.1) is 0 Å². The molecule has 0 unspecified atom stereocenters. The number of allylic oxidation sites excluding steroid dienone is 1. The van der Waals surface area contributed by atoms with Gasteiger partial charge in [-0.3, -0.25) is 0 Å². The minimum atomic E-state index is 1.03. The average Bonchev–Trinajstić information content (AvgIpc) is 1.57. The highest BCUT2D eigenvalue weighted by Crippen LogP contribution is 2.18. The van der Waals surface area contributed by atoms with E-state index in [0.717, 1.165) is 25.7 Å². The smallest absolute Gasteiger partial charge is 0.00258 e. The van der Waals surface area contributed by atoms with Gasteiger partial charge in [0, 0.05) is 0 Å². The molecule has 4 aliphatic rings. The van der Waals surface area contributed by atoms with Crippen molar-refractivity contribution in [2.45, 2.75) is 390 Å². The lowest BCUT2D eigenvalue weighted by atomic mass is 10.1. The molecule has 584 valence electrons. The molecule has 0 radical (unpaired) electrons. The summed E-state index contributed by atoms with van der Waals surface area (Å²) in [5.41, 5.74) is 8.40. The molecule has 0 nitrogen and oxygen atoms in total. The Hall–Kier alpha value is -5.46. The zero-order valence-corrected chi connectivity index (χ0v) is 74.6. The summed E-state index contributed by atoms with van der Waals surface area (Å²) in [4.78, 5) is 0. The van der Waals surface area contributed by atoms with Crippen LogP contribution in [0.2, 0.25) is 0 Å². The molecule has 0 amide bonds. The fourth-order valence-electron chi connectivity index (χ4n) is 7.83. The maximum Gasteiger partial charge on any atom is -0.00258 e. The van der Waals surface area contributed by atoms with Crippen molar-refractivity contribution in [3.05, 3.63) is 234 Å². The molecule has 3 fully saturated rings. The summed E-state index contributed by atoms with van der Waals surface area (Å²) in [5.74, 6) is 0. The van der Waals surface area contributed by atoms with Gasteiger partial charge in [0.25, 0.3) is 0 Å². The fraction of sp³-hybridized carbons (Fsp3) is 0.580. The van der Waals surface area contributed by atoms with E-state index in [1.54, 1.807) is 0 Å². The molecule has 11 rings (SSSR count). The maximum absolute atomic E-state index is 2.20. The molecule has 0 atom stereocenters. The number of rotatable bonds is 4. The first-order chi connectivity index (χ1) is 49.3. The lowest BCUT2D eigenvalue weighted by Gasteiger charge is -2.00. The van der Waals surface area contributed by atoms with E-state index in [4.69, 9.17) is 0 Å². The largest absolute Gasteiger partial charge is 0.0795 e. The monoisotopic (exact) mass is 1390 g/mol. The number of benzene rings is 7. The predicted octanol–water partition coefficient (Wildman–Crippen LogP) is 37.1. The Bertz CT molecular complexity index is 1990. The van der Waals surface area contributed by atoms with E-state index < -0.39 is 0 Å². The molecular formula is C100H184. The molecule has 0 saturated heterocycles. The van der Waals surface area contributed by atoms with E-state index in [0.29, 0.717) is 0 Å². The standard InChI is InChI=1S/C13H12.C10H8.C9H8.2C8H10.3C5H10.5C3H8.11C2H6/c1-3-7-12(8-4-1)11-13-9-5-2-6-10-13;1-2-6-10-8-4-3-7-9(10)5-1;1-2-5-9-7-3-6-8(9)4-1;2*1-2-8-6-4-3-5-7-8;3*1-2-4-5-3-1;5*1-3-2;11*1-2/h1-10H,11H2;1-8H;1-6H,7H2;2*3-7H,2H2,1H3;3*1-5H2;5*3H2,1-2H3;11*1-2H3. The van der Waals surface area contributed by atoms with Gasteiger partial charge in [0.1, 0.15) is 0 Å². The number of fused-ring (bicyclic) bond motifs is 2. The van der Waals surface area contributed by atoms with Crippen LogP contribution in [-0.2, 0) is 25.7 Å². The van der Waals surface area contributed by atoms with Gasteiger partial charge in [-0.05, 0) is 69.8 Å². The third-order valence-corrected chi connectivity index (χ3v) is 11.7. The molecule has 100 heavy (non-hydrogen) atoms. The molecule has 0 spiro atoms. The molecular weight excluding hydrogens is 1200 g/mol. The Morgan fingerprint density at radius 2 is 0.370 bits per heavy atom. The third-order valence-electron chi connectivity index (χ3n) is 11.7. The number of aryl methyl sites for hydroxylation is 2. The van der Waals surface area contributed by atoms with E-state index in [-0.39, 0.29) is 0 Å². The van der Waals surface area contributed by atoms with Gasteiger partial charge < -0.3 is 0 Å². The molecule has 0 N–H and O–H groups in total. The van der Waals surface area contributed by atoms with E-state index in [2.05, 4.69) is 277 Å². The Labute approximate surface area is 636 Å². The Morgan fingerprint density at radius 3 is 0.550 bits per heavy atom. The van der Waals surface area contributed by atoms with E-state index in [9.17, 15) is 0 Å². The minimum absolute atomic E-state index is 1.03. The summed E-state index contributed by atoms with van der Waals surface area (Å²) in [5, 5.41) is 2.62. The zero-order valence-electron chi connectivity index (χ0n) is 74.6. The normalized spacial score (nSPS) is 10.1. The lowest BCUT2D eigenvalue weighted by molar-refractivity contribution is 0.886. The summed E-state index contributed by atoms with van der Waals surface area (Å²) in [6.45, 7) is 69.6. The Morgan fingerprint density at radius 1 is 0.200 bits per heavy atom. The highest BCUT2D eigenvalue weighted by Gasteiger charge is 2.01. The van der Waals surface area contributed by atoms with Gasteiger partial charge in [-0.2, -0.15) is 0 Å². The summed E-state index contributed by atoms with van der Waals surface area (Å²) in [6.07, 6.45) is 37.6. The van der Waals surface area contributed by atoms with Crippen molar-refractivity contribution < 1.29 is 0 Å². The van der Waals surface area contributed by atoms with Gasteiger partial charge in [0.15, 0.2) is 0 Å². The first-order valence-corrected chi connectivity index (χ1v) is 42.7. The van der Waals surface area contributed by atoms with Crippen molar-refractivity contribution in [2.24, 2.45) is 0 Å². The van der Waals surface area contributed by atoms with Crippen LogP contribution in [-0.4, -0.2) is 0 Å². The Kier molecular flexibility index (Phi) is 170. The van der Waals surface area contributed by atoms with Crippen molar-refractivity contribution in [3.63, 3.8) is 0 Å². The van der Waals surface area contributed by atoms with Crippen LogP contribution in [0.3, 0.4) is 0 Å². The van der Waals surface area contributed by atoms with Gasteiger partial charge in [-0.15, -0.1) is 0 Å². The van der Waals surface area contributed by atoms with Crippen molar-refractivity contribution >= 4 is 16.8 Å². The second-order valence-electron chi connectivity index (χ2n) is 20.3. The fourth-order valence-corrected chi connectivity index (χ4v) is 7.83. The van der Waals surface area contributed by atoms with Gasteiger partial charge >= 0.3 is 0 Å². The SMILES string of the molecule is C1=Cc2ccccc2C1.C1CCCC1.C1CCCC1.C1CCCC1.CC.CC.CC.CC.CC.CC.CC.CC.CC.CC.CC.CCC.CCC.CCC.CCC.CCC.CCc1ccccc1.CCc1ccccc1.c1ccc(Cc2ccccc2)cc1.c1ccc2ccccc2c1. The van der Waals surface area contributed by atoms with Crippen molar-refractivity contribution in [3.8, 4) is 0 Å². The third kappa shape index (κ3) is 108. The van der Waals surface area contributed by atoms with Gasteiger partial charge in [-0.1, -0.05) is 570 Å². The van der Waals surface area contributed by atoms with Gasteiger partial charge in [0.2, 0.25) is 0 Å². The molecule has 4 aliphatic carbocycles. The predicted molar refractivity (Wildman–Crippen MR) is 484 cm³/mol. The first-order valence-electron chi connectivity index (χ1n) is 42.7. The summed E-state index contributed by atoms with van der Waals surface area (Å²) in [6, 6.07) is 67.2. The molecule has 0 heteroatoms. The molecule has 7 aromatic carbocycles. The summed E-state index contributed by atoms with van der Waals surface area (Å²) < 4.78 is 0. The first kappa shape index (κ1) is 124. The van der Waals surface area contributed by atoms with Crippen LogP contribution < -0.4 is 0 Å². The minimum Gasteiger partial charge on any atom is -0.0795 e. The van der Waals surface area contributed by atoms with E-state index in [1.807, 2.05) is 164 Å². The second-order valence-corrected chi connectivity index (χ2v) is 20.3. The Balaban J connectivity index is -0.0000000744. The van der Waals surface area contributed by atoms with Gasteiger partial charge in [0.05, 0.1) is 0 Å². The topological polar surface area (TPSA) is 0 Å². The zero-order chi connectivity index (χ0) is 79.6. The van der Waals surface area contributed by atoms with E-state index >= 15 is 0 Å². The molecule has 0 aliphatic heterocycles. The van der Waals surface area contributed by atoms with Crippen LogP contribution in [0.1, 0.15) is 397 Å². The van der Waals surface area contributed by atoms with Crippen molar-refractivity contribution in [2.75, 3.05) is 0 Å². The summed E-state index contributed by atoms with van der Waals surface area (Å²) >= 11 is 0. The maximum atomic E-state index is 2.20. The molecule has 0 bridgehead atoms. The highest BCUT2D eigenvalue weighted by atomic mass is 14.1. The highest BCUT2D eigenvalue weighted by molar-refractivity contribution is 5.82. The van der Waals surface area contributed by atoms with Crippen LogP contribution in [0.4, 0.5) is 0 Å². The number of hydrogen-bond acceptors (Lipinski definition) is 0. The molecule has 0 aromatic heterocycles. The summed E-state index contributed by atoms with van der Waals surface area (Å²) in [7, 11) is 0. The van der Waals surface area contributed by atoms with Crippen molar-refractivity contribution in [1.29, 1.82) is 0 Å². The molecule has 3 saturated carbocycles. The van der Waals surface area contributed by atoms with E-state index in [1.165, 1.54) is 173 Å². The van der Waals surface area contributed by atoms with Crippen LogP contribution >= 0.6 is 0 Å². The average molecular weight is 1390 g/mol.